The van der Waals surface area contributed by atoms with Crippen LogP contribution in [0.2, 0.25) is 0 Å². The number of hydrogen-bond donors (Lipinski definition) is 2. The Morgan fingerprint density at radius 1 is 1.44 bits per heavy atom. The lowest BCUT2D eigenvalue weighted by Gasteiger charge is -2.17. The Bertz CT molecular complexity index is 1070. The molecular weight excluding hydrogens is 630 g/mol. The number of aliphatic hydroxyl groups excluding tert-OH is 1. The van der Waals surface area contributed by atoms with Gasteiger partial charge < -0.3 is 15.2 Å². The van der Waals surface area contributed by atoms with Gasteiger partial charge in [0, 0.05) is 6.42 Å². The van der Waals surface area contributed by atoms with Crippen LogP contribution in [0.1, 0.15) is 50.7 Å². The molecule has 1 fully saturated rings. The number of benzene rings is 1. The normalized spacial score (nSPS) is 20.9. The molecule has 0 spiro atoms. The van der Waals surface area contributed by atoms with Gasteiger partial charge in [0.15, 0.2) is 0 Å². The molecule has 7 heteroatoms. The number of carbonyl (C=O) groups excluding carboxylic acids is 1. The van der Waals surface area contributed by atoms with Gasteiger partial charge in [0.1, 0.15) is 15.4 Å². The fourth-order valence-electron chi connectivity index (χ4n) is 3.66. The molecule has 32 heavy (non-hydrogen) atoms. The molecule has 2 aliphatic rings. The first kappa shape index (κ1) is 25.2. The number of amides is 1. The fourth-order valence-corrected chi connectivity index (χ4v) is 7.14. The van der Waals surface area contributed by atoms with Gasteiger partial charge in [-0.15, -0.1) is 18.9 Å². The van der Waals surface area contributed by atoms with Gasteiger partial charge >= 0.3 is 6.07 Å². The van der Waals surface area contributed by atoms with Crippen LogP contribution in [-0.4, -0.2) is 36.4 Å². The largest absolute Gasteiger partial charge is 0.489 e. The van der Waals surface area contributed by atoms with E-state index in [1.165, 1.54) is 0 Å². The molecule has 3 atom stereocenters. The summed E-state index contributed by atoms with van der Waals surface area (Å²) in [4.78, 5) is 16.6. The van der Waals surface area contributed by atoms with E-state index >= 15 is 0 Å². The summed E-state index contributed by atoms with van der Waals surface area (Å²) in [6, 6.07) is 9.10. The van der Waals surface area contributed by atoms with Crippen LogP contribution >= 0.6 is 41.5 Å². The minimum Gasteiger partial charge on any atom is -0.489 e. The Kier molecular flexibility index (Phi) is 9.20. The van der Waals surface area contributed by atoms with E-state index in [0.717, 1.165) is 45.3 Å². The maximum atomic E-state index is 12.6. The number of rotatable bonds is 9. The zero-order chi connectivity index (χ0) is 23.3. The third-order valence-corrected chi connectivity index (χ3v) is 9.95. The van der Waals surface area contributed by atoms with Crippen molar-refractivity contribution in [3.63, 3.8) is 0 Å². The van der Waals surface area contributed by atoms with Crippen molar-refractivity contribution in [2.45, 2.75) is 49.7 Å². The molecule has 172 valence electrons. The quantitative estimate of drug-likeness (QED) is 0.274. The van der Waals surface area contributed by atoms with E-state index < -0.39 is 18.9 Å². The first-order valence-electron chi connectivity index (χ1n) is 10.9. The Morgan fingerprint density at radius 3 is 2.81 bits per heavy atom. The van der Waals surface area contributed by atoms with Crippen LogP contribution in [0.3, 0.4) is 0 Å². The van der Waals surface area contributed by atoms with Gasteiger partial charge in [0.25, 0.3) is 7.05 Å². The molecule has 1 heterocycles. The van der Waals surface area contributed by atoms with Crippen LogP contribution in [0.5, 0.6) is 5.75 Å². The van der Waals surface area contributed by atoms with Gasteiger partial charge in [-0.3, -0.25) is 4.79 Å². The highest BCUT2D eigenvalue weighted by atomic mass is 127. The van der Waals surface area contributed by atoms with Crippen LogP contribution in [0, 0.1) is 17.9 Å². The van der Waals surface area contributed by atoms with Crippen LogP contribution in [0.25, 0.3) is 10.4 Å². The zero-order valence-electron chi connectivity index (χ0n) is 18.8. The highest BCUT2D eigenvalue weighted by molar-refractivity contribution is 14.2. The third kappa shape index (κ3) is 6.58. The predicted molar refractivity (Wildman–Crippen MR) is 151 cm³/mol. The van der Waals surface area contributed by atoms with Crippen molar-refractivity contribution >= 4 is 61.1 Å². The lowest BCUT2D eigenvalue weighted by Crippen LogP contribution is -2.29. The number of carbonyl (C=O) groups is 1. The van der Waals surface area contributed by atoms with E-state index in [1.54, 1.807) is 7.05 Å². The topological polar surface area (TPSA) is 62.9 Å². The number of aliphatic hydroxyl groups is 1. The molecule has 1 aromatic carbocycles. The molecule has 3 rings (SSSR count). The maximum Gasteiger partial charge on any atom is 0.314 e. The number of ether oxygens (including phenoxy) is 1. The third-order valence-electron chi connectivity index (χ3n) is 5.72. The second-order valence-corrected chi connectivity index (χ2v) is 13.4. The highest BCUT2D eigenvalue weighted by Gasteiger charge is 2.42. The molecule has 1 unspecified atom stereocenters. The SMILES string of the molecule is C=I1=C(NC(=O)C[C@@H]2C[C@H]2C(O)I)C=C(c2ccc(OC(CC)CC)c(C#[N+]C)c2)C=C1. The van der Waals surface area contributed by atoms with E-state index in [1.807, 2.05) is 40.8 Å². The van der Waals surface area contributed by atoms with Crippen LogP contribution in [0.15, 0.2) is 34.4 Å². The van der Waals surface area contributed by atoms with Crippen LogP contribution in [-0.2, 0) is 4.79 Å². The van der Waals surface area contributed by atoms with Crippen molar-refractivity contribution < 1.29 is 14.6 Å². The van der Waals surface area contributed by atoms with E-state index in [0.29, 0.717) is 6.42 Å². The number of hydrogen-bond acceptors (Lipinski definition) is 3. The molecule has 1 aliphatic carbocycles. The number of alkyl halides is 1. The van der Waals surface area contributed by atoms with Gasteiger partial charge in [-0.05, 0) is 70.6 Å². The van der Waals surface area contributed by atoms with Crippen molar-refractivity contribution in [2.75, 3.05) is 7.05 Å². The monoisotopic (exact) mass is 661 g/mol. The summed E-state index contributed by atoms with van der Waals surface area (Å²) in [5.41, 5.74) is 2.87. The summed E-state index contributed by atoms with van der Waals surface area (Å²) in [5, 5.41) is 12.8. The molecule has 1 amide bonds. The zero-order valence-corrected chi connectivity index (χ0v) is 23.1. The molecule has 1 saturated carbocycles. The summed E-state index contributed by atoms with van der Waals surface area (Å²) < 4.78 is 13.2. The van der Waals surface area contributed by atoms with Crippen molar-refractivity contribution in [2.24, 2.45) is 11.8 Å². The van der Waals surface area contributed by atoms with Gasteiger partial charge in [0.2, 0.25) is 5.91 Å². The molecule has 1 aliphatic heterocycles. The van der Waals surface area contributed by atoms with E-state index in [2.05, 4.69) is 50.8 Å². The molecule has 0 radical (unpaired) electrons. The standard InChI is InChI=1S/C25H30I2N2O3/c1-5-20(6-2)32-22-8-7-16(11-19(22)15-28-4)17-9-10-27(3)23(13-17)29-24(30)14-18-12-21(18)25(26)31/h7-11,13,18,20-21,25,31H,3,5-6,12,14H2,1-2,4H3/p+1/t18-,21+,25?/m0/s1. The lowest BCUT2D eigenvalue weighted by molar-refractivity contribution is -0.120. The van der Waals surface area contributed by atoms with Crippen molar-refractivity contribution in [1.82, 2.24) is 5.32 Å². The number of nitrogens with zero attached hydrogens (tertiary/aromatic N) is 1. The van der Waals surface area contributed by atoms with Crippen molar-refractivity contribution in [3.05, 3.63) is 50.4 Å². The van der Waals surface area contributed by atoms with Crippen LogP contribution in [0.4, 0.5) is 0 Å². The van der Waals surface area contributed by atoms with E-state index in [9.17, 15) is 9.90 Å². The smallest absolute Gasteiger partial charge is 0.314 e. The first-order valence-corrected chi connectivity index (χ1v) is 16.0. The molecule has 2 N–H and O–H groups in total. The van der Waals surface area contributed by atoms with Crippen molar-refractivity contribution in [3.8, 4) is 11.8 Å². The molecule has 5 nitrogen and oxygen atoms in total. The maximum absolute atomic E-state index is 12.6. The fraction of sp³-hybridized carbons (Fsp3) is 0.440. The molecular formula is C25H31I2N2O3+. The molecule has 0 saturated heterocycles. The van der Waals surface area contributed by atoms with Gasteiger partial charge in [-0.2, -0.15) is 0 Å². The minimum atomic E-state index is -1.77. The average molecular weight is 661 g/mol. The van der Waals surface area contributed by atoms with Gasteiger partial charge in [-0.1, -0.05) is 51.9 Å². The summed E-state index contributed by atoms with van der Waals surface area (Å²) in [7, 11) is 1.70. The first-order chi connectivity index (χ1) is 15.4. The average Bonchev–Trinajstić information content (AvgIpc) is 3.54. The summed E-state index contributed by atoms with van der Waals surface area (Å²) in [5.74, 6) is 1.33. The van der Waals surface area contributed by atoms with Gasteiger partial charge in [0.05, 0.1) is 9.74 Å². The Hall–Kier alpha value is -1.38. The Balaban J connectivity index is 1.77. The van der Waals surface area contributed by atoms with Crippen LogP contribution < -0.4 is 10.1 Å². The van der Waals surface area contributed by atoms with Gasteiger partial charge in [-0.25, -0.2) is 0 Å². The highest BCUT2D eigenvalue weighted by Crippen LogP contribution is 2.45. The second kappa shape index (κ2) is 11.7. The van der Waals surface area contributed by atoms with E-state index in [-0.39, 0.29) is 28.0 Å². The predicted octanol–water partition coefficient (Wildman–Crippen LogP) is 5.44. The summed E-state index contributed by atoms with van der Waals surface area (Å²) in [6.07, 6.45) is 7.59. The second-order valence-electron chi connectivity index (χ2n) is 8.02. The minimum absolute atomic E-state index is 0.0162. The molecule has 0 bridgehead atoms. The van der Waals surface area contributed by atoms with E-state index in [4.69, 9.17) is 4.74 Å². The Labute approximate surface area is 210 Å². The summed E-state index contributed by atoms with van der Waals surface area (Å²) in [6.45, 7) is 4.24. The number of halogens is 2. The number of nitrogens with one attached hydrogen (secondary N) is 1. The van der Waals surface area contributed by atoms with Crippen molar-refractivity contribution in [1.29, 1.82) is 0 Å². The molecule has 1 aromatic rings. The summed E-state index contributed by atoms with van der Waals surface area (Å²) >= 11 is 0.251. The Morgan fingerprint density at radius 2 is 2.19 bits per heavy atom. The lowest BCUT2D eigenvalue weighted by atomic mass is 10.0. The molecule has 0 aromatic heterocycles. The number of allylic oxidation sites excluding steroid dienone is 2.